The van der Waals surface area contributed by atoms with E-state index in [0.717, 1.165) is 25.7 Å². The first-order chi connectivity index (χ1) is 10.3. The van der Waals surface area contributed by atoms with E-state index in [2.05, 4.69) is 31.2 Å². The molecule has 1 saturated carbocycles. The van der Waals surface area contributed by atoms with Crippen molar-refractivity contribution in [3.63, 3.8) is 0 Å². The number of halogens is 1. The SMILES string of the molecule is CN(C)C1(c2ccc(F)cc2)CCC(C)(CNC(N)O)CC1. The lowest BCUT2D eigenvalue weighted by Crippen LogP contribution is -2.50. The summed E-state index contributed by atoms with van der Waals surface area (Å²) < 4.78 is 13.2. The van der Waals surface area contributed by atoms with Crippen LogP contribution in [-0.2, 0) is 5.54 Å². The fourth-order valence-electron chi connectivity index (χ4n) is 3.55. The molecule has 5 heteroatoms. The summed E-state index contributed by atoms with van der Waals surface area (Å²) in [5.74, 6) is -0.195. The predicted molar refractivity (Wildman–Crippen MR) is 86.5 cm³/mol. The highest BCUT2D eigenvalue weighted by atomic mass is 19.1. The summed E-state index contributed by atoms with van der Waals surface area (Å²) in [7, 11) is 4.18. The lowest BCUT2D eigenvalue weighted by atomic mass is 9.65. The van der Waals surface area contributed by atoms with Crippen LogP contribution in [0, 0.1) is 11.2 Å². The highest BCUT2D eigenvalue weighted by Gasteiger charge is 2.42. The molecule has 0 amide bonds. The van der Waals surface area contributed by atoms with Crippen LogP contribution >= 0.6 is 0 Å². The van der Waals surface area contributed by atoms with Crippen molar-refractivity contribution in [2.45, 2.75) is 44.5 Å². The standard InChI is InChI=1S/C17H28FN3O/c1-16(12-20-15(19)22)8-10-17(11-9-16,21(2)3)13-4-6-14(18)7-5-13/h4-7,15,20,22H,8-12,19H2,1-3H3. The second-order valence-electron chi connectivity index (χ2n) is 7.07. The molecule has 0 bridgehead atoms. The van der Waals surface area contributed by atoms with Crippen LogP contribution in [0.1, 0.15) is 38.2 Å². The fraction of sp³-hybridized carbons (Fsp3) is 0.647. The molecule has 1 atom stereocenters. The molecule has 1 aromatic carbocycles. The number of rotatable bonds is 5. The number of nitrogens with two attached hydrogens (primary N) is 1. The molecule has 4 nitrogen and oxygen atoms in total. The third-order valence-corrected chi connectivity index (χ3v) is 5.26. The van der Waals surface area contributed by atoms with E-state index in [0.29, 0.717) is 6.54 Å². The average Bonchev–Trinajstić information content (AvgIpc) is 2.47. The first-order valence-electron chi connectivity index (χ1n) is 7.88. The first-order valence-corrected chi connectivity index (χ1v) is 7.88. The van der Waals surface area contributed by atoms with Crippen molar-refractivity contribution in [1.29, 1.82) is 0 Å². The van der Waals surface area contributed by atoms with Crippen molar-refractivity contribution in [3.05, 3.63) is 35.6 Å². The molecule has 1 aromatic rings. The second-order valence-corrected chi connectivity index (χ2v) is 7.07. The minimum Gasteiger partial charge on any atom is -0.366 e. The topological polar surface area (TPSA) is 61.5 Å². The lowest BCUT2D eigenvalue weighted by molar-refractivity contribution is 0.0328. The molecule has 0 aliphatic heterocycles. The van der Waals surface area contributed by atoms with Gasteiger partial charge in [0.15, 0.2) is 6.35 Å². The van der Waals surface area contributed by atoms with Crippen molar-refractivity contribution in [1.82, 2.24) is 10.2 Å². The summed E-state index contributed by atoms with van der Waals surface area (Å²) in [6, 6.07) is 6.89. The third-order valence-electron chi connectivity index (χ3n) is 5.26. The van der Waals surface area contributed by atoms with Gasteiger partial charge in [-0.15, -0.1) is 0 Å². The summed E-state index contributed by atoms with van der Waals surface area (Å²) >= 11 is 0. The summed E-state index contributed by atoms with van der Waals surface area (Å²) in [5, 5.41) is 12.1. The maximum absolute atomic E-state index is 13.2. The van der Waals surface area contributed by atoms with Crippen LogP contribution in [0.4, 0.5) is 4.39 Å². The van der Waals surface area contributed by atoms with Gasteiger partial charge in [-0.2, -0.15) is 0 Å². The molecule has 1 aliphatic carbocycles. The quantitative estimate of drug-likeness (QED) is 0.728. The molecular formula is C17H28FN3O. The maximum atomic E-state index is 13.2. The van der Waals surface area contributed by atoms with E-state index in [-0.39, 0.29) is 16.8 Å². The Kier molecular flexibility index (Phi) is 5.22. The van der Waals surface area contributed by atoms with Gasteiger partial charge in [0.1, 0.15) is 5.82 Å². The van der Waals surface area contributed by atoms with E-state index in [1.165, 1.54) is 5.56 Å². The molecule has 1 unspecified atom stereocenters. The van der Waals surface area contributed by atoms with Gasteiger partial charge in [0.05, 0.1) is 0 Å². The van der Waals surface area contributed by atoms with Gasteiger partial charge in [-0.05, 0) is 62.9 Å². The van der Waals surface area contributed by atoms with E-state index < -0.39 is 6.35 Å². The van der Waals surface area contributed by atoms with Gasteiger partial charge in [-0.3, -0.25) is 16.0 Å². The number of hydrogen-bond acceptors (Lipinski definition) is 4. The molecule has 1 fully saturated rings. The van der Waals surface area contributed by atoms with Crippen LogP contribution < -0.4 is 11.1 Å². The number of nitrogens with one attached hydrogen (secondary N) is 1. The van der Waals surface area contributed by atoms with Gasteiger partial charge in [0, 0.05) is 12.1 Å². The predicted octanol–water partition coefficient (Wildman–Crippen LogP) is 1.99. The molecule has 124 valence electrons. The molecule has 0 radical (unpaired) electrons. The Bertz CT molecular complexity index is 479. The van der Waals surface area contributed by atoms with Crippen molar-refractivity contribution in [2.75, 3.05) is 20.6 Å². The number of aliphatic hydroxyl groups excluding tert-OH is 1. The molecular weight excluding hydrogens is 281 g/mol. The van der Waals surface area contributed by atoms with Gasteiger partial charge >= 0.3 is 0 Å². The van der Waals surface area contributed by atoms with Gasteiger partial charge in [-0.25, -0.2) is 4.39 Å². The van der Waals surface area contributed by atoms with E-state index in [1.807, 2.05) is 12.1 Å². The third kappa shape index (κ3) is 3.66. The van der Waals surface area contributed by atoms with Crippen molar-refractivity contribution < 1.29 is 9.50 Å². The Labute approximate surface area is 132 Å². The Morgan fingerprint density at radius 3 is 2.23 bits per heavy atom. The minimum absolute atomic E-state index is 0.0471. The zero-order valence-electron chi connectivity index (χ0n) is 13.8. The van der Waals surface area contributed by atoms with Crippen LogP contribution in [0.2, 0.25) is 0 Å². The van der Waals surface area contributed by atoms with Gasteiger partial charge in [-0.1, -0.05) is 19.1 Å². The minimum atomic E-state index is -0.963. The van der Waals surface area contributed by atoms with Crippen LogP contribution in [0.25, 0.3) is 0 Å². The Hall–Kier alpha value is -1.01. The van der Waals surface area contributed by atoms with Crippen molar-refractivity contribution in [2.24, 2.45) is 11.1 Å². The number of aliphatic hydroxyl groups is 1. The Balaban J connectivity index is 2.14. The monoisotopic (exact) mass is 309 g/mol. The smallest absolute Gasteiger partial charge is 0.157 e. The zero-order chi connectivity index (χ0) is 16.4. The number of nitrogens with zero attached hydrogens (tertiary/aromatic N) is 1. The van der Waals surface area contributed by atoms with Gasteiger partial charge in [0.25, 0.3) is 0 Å². The van der Waals surface area contributed by atoms with Crippen molar-refractivity contribution >= 4 is 0 Å². The van der Waals surface area contributed by atoms with Crippen LogP contribution in [0.3, 0.4) is 0 Å². The fourth-order valence-corrected chi connectivity index (χ4v) is 3.55. The normalized spacial score (nSPS) is 30.5. The molecule has 22 heavy (non-hydrogen) atoms. The van der Waals surface area contributed by atoms with Gasteiger partial charge in [0.2, 0.25) is 0 Å². The molecule has 2 rings (SSSR count). The van der Waals surface area contributed by atoms with E-state index in [9.17, 15) is 9.50 Å². The van der Waals surface area contributed by atoms with Crippen LogP contribution in [-0.4, -0.2) is 37.0 Å². The van der Waals surface area contributed by atoms with E-state index in [1.54, 1.807) is 12.1 Å². The van der Waals surface area contributed by atoms with Crippen LogP contribution in [0.5, 0.6) is 0 Å². The lowest BCUT2D eigenvalue weighted by Gasteiger charge is -2.49. The van der Waals surface area contributed by atoms with Crippen LogP contribution in [0.15, 0.2) is 24.3 Å². The molecule has 1 aliphatic rings. The summed E-state index contributed by atoms with van der Waals surface area (Å²) in [5.41, 5.74) is 6.63. The Morgan fingerprint density at radius 1 is 1.23 bits per heavy atom. The molecule has 0 saturated heterocycles. The molecule has 0 heterocycles. The summed E-state index contributed by atoms with van der Waals surface area (Å²) in [6.45, 7) is 2.93. The van der Waals surface area contributed by atoms with E-state index >= 15 is 0 Å². The maximum Gasteiger partial charge on any atom is 0.157 e. The molecule has 4 N–H and O–H groups in total. The van der Waals surface area contributed by atoms with Gasteiger partial charge < -0.3 is 5.11 Å². The number of hydrogen-bond donors (Lipinski definition) is 3. The van der Waals surface area contributed by atoms with E-state index in [4.69, 9.17) is 5.73 Å². The molecule has 0 spiro atoms. The van der Waals surface area contributed by atoms with Crippen molar-refractivity contribution in [3.8, 4) is 0 Å². The largest absolute Gasteiger partial charge is 0.366 e. The highest BCUT2D eigenvalue weighted by molar-refractivity contribution is 5.26. The second kappa shape index (κ2) is 6.62. The first kappa shape index (κ1) is 17.3. The summed E-state index contributed by atoms with van der Waals surface area (Å²) in [6.07, 6.45) is 3.11. The molecule has 0 aromatic heterocycles. The number of benzene rings is 1. The highest BCUT2D eigenvalue weighted by Crippen LogP contribution is 2.47. The summed E-state index contributed by atoms with van der Waals surface area (Å²) in [4.78, 5) is 2.25. The zero-order valence-corrected chi connectivity index (χ0v) is 13.8. The average molecular weight is 309 g/mol. The Morgan fingerprint density at radius 2 is 1.77 bits per heavy atom.